The number of piperidine rings is 1. The van der Waals surface area contributed by atoms with Crippen LogP contribution < -0.4 is 0 Å². The van der Waals surface area contributed by atoms with Gasteiger partial charge in [-0.25, -0.2) is 4.39 Å². The van der Waals surface area contributed by atoms with Crippen LogP contribution in [-0.4, -0.2) is 37.0 Å². The first kappa shape index (κ1) is 13.5. The van der Waals surface area contributed by atoms with Crippen LogP contribution >= 0.6 is 0 Å². The molecule has 1 aliphatic rings. The van der Waals surface area contributed by atoms with Gasteiger partial charge < -0.3 is 9.64 Å². The van der Waals surface area contributed by atoms with E-state index in [9.17, 15) is 14.0 Å². The quantitative estimate of drug-likeness (QED) is 0.767. The van der Waals surface area contributed by atoms with E-state index in [2.05, 4.69) is 4.74 Å². The number of likely N-dealkylation sites (tertiary alicyclic amines) is 1. The highest BCUT2D eigenvalue weighted by atomic mass is 19.1. The third-order valence-electron chi connectivity index (χ3n) is 3.42. The van der Waals surface area contributed by atoms with Crippen LogP contribution in [0.3, 0.4) is 0 Å². The van der Waals surface area contributed by atoms with Crippen LogP contribution in [0.1, 0.15) is 23.2 Å². The summed E-state index contributed by atoms with van der Waals surface area (Å²) in [5.74, 6) is -1.23. The minimum atomic E-state index is -0.511. The van der Waals surface area contributed by atoms with Crippen molar-refractivity contribution in [3.05, 3.63) is 35.6 Å². The average Bonchev–Trinajstić information content (AvgIpc) is 2.46. The van der Waals surface area contributed by atoms with Crippen LogP contribution in [0.4, 0.5) is 4.39 Å². The van der Waals surface area contributed by atoms with Gasteiger partial charge in [0.15, 0.2) is 0 Å². The number of rotatable bonds is 2. The van der Waals surface area contributed by atoms with Gasteiger partial charge in [-0.2, -0.15) is 0 Å². The van der Waals surface area contributed by atoms with E-state index < -0.39 is 5.82 Å². The van der Waals surface area contributed by atoms with E-state index in [1.54, 1.807) is 17.0 Å². The van der Waals surface area contributed by atoms with Gasteiger partial charge in [0.05, 0.1) is 18.6 Å². The molecule has 1 aliphatic heterocycles. The monoisotopic (exact) mass is 265 g/mol. The molecule has 0 saturated carbocycles. The fourth-order valence-electron chi connectivity index (χ4n) is 2.29. The van der Waals surface area contributed by atoms with Crippen molar-refractivity contribution in [2.75, 3.05) is 20.2 Å². The number of hydrogen-bond donors (Lipinski definition) is 0. The molecule has 1 heterocycles. The molecule has 0 spiro atoms. The Hall–Kier alpha value is -1.91. The summed E-state index contributed by atoms with van der Waals surface area (Å²) in [6.07, 6.45) is 1.12. The summed E-state index contributed by atoms with van der Waals surface area (Å²) >= 11 is 0. The standard InChI is InChI=1S/C14H16FNO3/c1-19-14(18)10-6-8-16(9-7-10)13(17)11-4-2-3-5-12(11)15/h2-5,10H,6-9H2,1H3. The molecule has 5 heteroatoms. The van der Waals surface area contributed by atoms with E-state index in [1.165, 1.54) is 19.2 Å². The Balaban J connectivity index is 2.00. The van der Waals surface area contributed by atoms with Crippen LogP contribution in [0, 0.1) is 11.7 Å². The van der Waals surface area contributed by atoms with Crippen LogP contribution in [-0.2, 0) is 9.53 Å². The molecular weight excluding hydrogens is 249 g/mol. The van der Waals surface area contributed by atoms with Gasteiger partial charge in [0.1, 0.15) is 5.82 Å². The van der Waals surface area contributed by atoms with Crippen molar-refractivity contribution in [3.63, 3.8) is 0 Å². The molecule has 1 fully saturated rings. The van der Waals surface area contributed by atoms with Crippen LogP contribution in [0.25, 0.3) is 0 Å². The fourth-order valence-corrected chi connectivity index (χ4v) is 2.29. The topological polar surface area (TPSA) is 46.6 Å². The number of carbonyl (C=O) groups is 2. The Kier molecular flexibility index (Phi) is 4.14. The van der Waals surface area contributed by atoms with Crippen molar-refractivity contribution in [2.45, 2.75) is 12.8 Å². The molecule has 2 rings (SSSR count). The van der Waals surface area contributed by atoms with Gasteiger partial charge in [-0.05, 0) is 25.0 Å². The SMILES string of the molecule is COC(=O)C1CCN(C(=O)c2ccccc2F)CC1. The lowest BCUT2D eigenvalue weighted by Gasteiger charge is -2.30. The highest BCUT2D eigenvalue weighted by Crippen LogP contribution is 2.20. The Morgan fingerprint density at radius 2 is 1.89 bits per heavy atom. The number of hydrogen-bond acceptors (Lipinski definition) is 3. The number of ether oxygens (including phenoxy) is 1. The lowest BCUT2D eigenvalue weighted by atomic mass is 9.96. The minimum Gasteiger partial charge on any atom is -0.469 e. The molecule has 0 atom stereocenters. The molecule has 0 bridgehead atoms. The van der Waals surface area contributed by atoms with Crippen LogP contribution in [0.15, 0.2) is 24.3 Å². The number of carbonyl (C=O) groups excluding carboxylic acids is 2. The molecule has 1 aromatic carbocycles. The van der Waals surface area contributed by atoms with E-state index in [-0.39, 0.29) is 23.4 Å². The molecule has 0 aliphatic carbocycles. The summed E-state index contributed by atoms with van der Waals surface area (Å²) < 4.78 is 18.2. The lowest BCUT2D eigenvalue weighted by molar-refractivity contribution is -0.146. The van der Waals surface area contributed by atoms with Crippen molar-refractivity contribution in [3.8, 4) is 0 Å². The second-order valence-corrected chi connectivity index (χ2v) is 4.57. The Morgan fingerprint density at radius 1 is 1.26 bits per heavy atom. The van der Waals surface area contributed by atoms with Crippen LogP contribution in [0.2, 0.25) is 0 Å². The fraction of sp³-hybridized carbons (Fsp3) is 0.429. The van der Waals surface area contributed by atoms with Crippen LogP contribution in [0.5, 0.6) is 0 Å². The molecule has 0 radical (unpaired) electrons. The summed E-state index contributed by atoms with van der Waals surface area (Å²) in [5, 5.41) is 0. The third kappa shape index (κ3) is 2.92. The maximum Gasteiger partial charge on any atom is 0.308 e. The maximum atomic E-state index is 13.5. The number of amides is 1. The summed E-state index contributed by atoms with van der Waals surface area (Å²) in [6, 6.07) is 5.94. The van der Waals surface area contributed by atoms with E-state index in [4.69, 9.17) is 0 Å². The molecule has 4 nitrogen and oxygen atoms in total. The summed E-state index contributed by atoms with van der Waals surface area (Å²) in [6.45, 7) is 0.903. The third-order valence-corrected chi connectivity index (χ3v) is 3.42. The molecule has 0 unspecified atom stereocenters. The minimum absolute atomic E-state index is 0.0824. The van der Waals surface area contributed by atoms with Crippen molar-refractivity contribution in [1.29, 1.82) is 0 Å². The first-order chi connectivity index (χ1) is 9.13. The van der Waals surface area contributed by atoms with Gasteiger partial charge in [-0.3, -0.25) is 9.59 Å². The van der Waals surface area contributed by atoms with Gasteiger partial charge in [0, 0.05) is 13.1 Å². The zero-order valence-corrected chi connectivity index (χ0v) is 10.8. The number of esters is 1. The molecule has 1 amide bonds. The second-order valence-electron chi connectivity index (χ2n) is 4.57. The van der Waals surface area contributed by atoms with E-state index in [0.29, 0.717) is 25.9 Å². The Morgan fingerprint density at radius 3 is 2.47 bits per heavy atom. The van der Waals surface area contributed by atoms with Crippen molar-refractivity contribution in [2.24, 2.45) is 5.92 Å². The van der Waals surface area contributed by atoms with E-state index >= 15 is 0 Å². The predicted octanol–water partition coefficient (Wildman–Crippen LogP) is 1.85. The highest BCUT2D eigenvalue weighted by Gasteiger charge is 2.29. The maximum absolute atomic E-state index is 13.5. The van der Waals surface area contributed by atoms with Gasteiger partial charge in [0.2, 0.25) is 0 Å². The molecule has 19 heavy (non-hydrogen) atoms. The number of methoxy groups -OCH3 is 1. The molecule has 1 aromatic rings. The summed E-state index contributed by atoms with van der Waals surface area (Å²) in [7, 11) is 1.36. The number of halogens is 1. The Labute approximate surface area is 111 Å². The predicted molar refractivity (Wildman–Crippen MR) is 67.0 cm³/mol. The van der Waals surface area contributed by atoms with Crippen molar-refractivity contribution in [1.82, 2.24) is 4.90 Å². The zero-order valence-electron chi connectivity index (χ0n) is 10.8. The second kappa shape index (κ2) is 5.82. The first-order valence-corrected chi connectivity index (χ1v) is 6.25. The molecule has 102 valence electrons. The number of nitrogens with zero attached hydrogens (tertiary/aromatic N) is 1. The van der Waals surface area contributed by atoms with E-state index in [1.807, 2.05) is 0 Å². The van der Waals surface area contributed by atoms with Crippen molar-refractivity contribution >= 4 is 11.9 Å². The summed E-state index contributed by atoms with van der Waals surface area (Å²) in [5.41, 5.74) is 0.0824. The van der Waals surface area contributed by atoms with Gasteiger partial charge in [-0.15, -0.1) is 0 Å². The average molecular weight is 265 g/mol. The van der Waals surface area contributed by atoms with E-state index in [0.717, 1.165) is 0 Å². The van der Waals surface area contributed by atoms with Gasteiger partial charge in [-0.1, -0.05) is 12.1 Å². The molecule has 0 aromatic heterocycles. The summed E-state index contributed by atoms with van der Waals surface area (Å²) in [4.78, 5) is 25.1. The molecule has 1 saturated heterocycles. The normalized spacial score (nSPS) is 16.2. The zero-order chi connectivity index (χ0) is 13.8. The first-order valence-electron chi connectivity index (χ1n) is 6.25. The smallest absolute Gasteiger partial charge is 0.308 e. The van der Waals surface area contributed by atoms with Gasteiger partial charge in [0.25, 0.3) is 5.91 Å². The molecular formula is C14H16FNO3. The van der Waals surface area contributed by atoms with Crippen molar-refractivity contribution < 1.29 is 18.7 Å². The largest absolute Gasteiger partial charge is 0.469 e. The Bertz CT molecular complexity index is 481. The highest BCUT2D eigenvalue weighted by molar-refractivity contribution is 5.94. The molecule has 0 N–H and O–H groups in total. The lowest BCUT2D eigenvalue weighted by Crippen LogP contribution is -2.40. The van der Waals surface area contributed by atoms with Gasteiger partial charge >= 0.3 is 5.97 Å². The number of benzene rings is 1.